The van der Waals surface area contributed by atoms with Crippen LogP contribution in [0.5, 0.6) is 0 Å². The molecule has 5 rings (SSSR count). The SMILES string of the molecule is C[C@@H]1CN(c2ccc(C#N)c3ncccc23)C[C@H](CN2CCC(C3CCNCC3)CC2)O1. The average Bonchev–Trinajstić information content (AvgIpc) is 2.84. The molecule has 2 atom stereocenters. The standard InChI is InChI=1S/C26H35N5O/c1-19-16-31(25-5-4-22(15-27)26-24(25)3-2-10-29-26)18-23(32-19)17-30-13-8-21(9-14-30)20-6-11-28-12-7-20/h2-5,10,19-21,23,28H,6-9,11-14,16-18H2,1H3/t19-,23+/m1/s1. The molecule has 0 radical (unpaired) electrons. The smallest absolute Gasteiger partial charge is 0.101 e. The number of likely N-dealkylation sites (tertiary alicyclic amines) is 1. The van der Waals surface area contributed by atoms with Crippen molar-refractivity contribution in [2.45, 2.75) is 44.8 Å². The van der Waals surface area contributed by atoms with Crippen LogP contribution in [0.1, 0.15) is 38.2 Å². The maximum Gasteiger partial charge on any atom is 0.101 e. The quantitative estimate of drug-likeness (QED) is 0.797. The number of rotatable bonds is 4. The minimum absolute atomic E-state index is 0.184. The number of pyridine rings is 1. The highest BCUT2D eigenvalue weighted by Crippen LogP contribution is 2.32. The molecule has 1 aromatic heterocycles. The minimum atomic E-state index is 0.184. The number of aromatic nitrogens is 1. The Labute approximate surface area is 191 Å². The van der Waals surface area contributed by atoms with Gasteiger partial charge < -0.3 is 19.9 Å². The van der Waals surface area contributed by atoms with Crippen LogP contribution in [0.2, 0.25) is 0 Å². The first-order valence-corrected chi connectivity index (χ1v) is 12.3. The maximum atomic E-state index is 9.47. The molecule has 32 heavy (non-hydrogen) atoms. The van der Waals surface area contributed by atoms with Gasteiger partial charge in [-0.25, -0.2) is 0 Å². The largest absolute Gasteiger partial charge is 0.370 e. The highest BCUT2D eigenvalue weighted by atomic mass is 16.5. The molecule has 1 aromatic carbocycles. The Balaban J connectivity index is 1.24. The van der Waals surface area contributed by atoms with E-state index in [4.69, 9.17) is 4.74 Å². The second kappa shape index (κ2) is 9.74. The number of ether oxygens (including phenoxy) is 1. The molecule has 3 fully saturated rings. The zero-order valence-corrected chi connectivity index (χ0v) is 19.2. The van der Waals surface area contributed by atoms with Crippen LogP contribution in [0.25, 0.3) is 10.9 Å². The lowest BCUT2D eigenvalue weighted by Crippen LogP contribution is -2.52. The summed E-state index contributed by atoms with van der Waals surface area (Å²) in [5, 5.41) is 14.0. The van der Waals surface area contributed by atoms with Gasteiger partial charge in [-0.2, -0.15) is 5.26 Å². The summed E-state index contributed by atoms with van der Waals surface area (Å²) in [6, 6.07) is 10.3. The van der Waals surface area contributed by atoms with Gasteiger partial charge in [0.05, 0.1) is 23.3 Å². The van der Waals surface area contributed by atoms with Crippen molar-refractivity contribution in [3.8, 4) is 6.07 Å². The number of piperidine rings is 2. The molecule has 2 aromatic rings. The molecule has 3 aliphatic rings. The molecular weight excluding hydrogens is 398 g/mol. The Hall–Kier alpha value is -2.20. The third-order valence-corrected chi connectivity index (χ3v) is 7.68. The van der Waals surface area contributed by atoms with Crippen molar-refractivity contribution in [1.82, 2.24) is 15.2 Å². The molecular formula is C26H35N5O. The van der Waals surface area contributed by atoms with Gasteiger partial charge in [-0.05, 0) is 94.9 Å². The summed E-state index contributed by atoms with van der Waals surface area (Å²) >= 11 is 0. The third-order valence-electron chi connectivity index (χ3n) is 7.68. The number of hydrogen-bond donors (Lipinski definition) is 1. The van der Waals surface area contributed by atoms with Gasteiger partial charge >= 0.3 is 0 Å². The molecule has 0 amide bonds. The van der Waals surface area contributed by atoms with Crippen LogP contribution in [0, 0.1) is 23.2 Å². The molecule has 170 valence electrons. The average molecular weight is 434 g/mol. The summed E-state index contributed by atoms with van der Waals surface area (Å²) in [5.74, 6) is 1.84. The Morgan fingerprint density at radius 2 is 1.88 bits per heavy atom. The molecule has 0 unspecified atom stereocenters. The molecule has 4 heterocycles. The normalized spacial score (nSPS) is 26.3. The van der Waals surface area contributed by atoms with Crippen LogP contribution in [-0.2, 0) is 4.74 Å². The third kappa shape index (κ3) is 4.61. The van der Waals surface area contributed by atoms with E-state index in [1.54, 1.807) is 6.20 Å². The number of nitrogens with one attached hydrogen (secondary N) is 1. The Kier molecular flexibility index (Phi) is 6.59. The Morgan fingerprint density at radius 1 is 1.09 bits per heavy atom. The van der Waals surface area contributed by atoms with Crippen molar-refractivity contribution < 1.29 is 4.74 Å². The second-order valence-corrected chi connectivity index (χ2v) is 9.84. The Bertz CT molecular complexity index is 958. The molecule has 6 heteroatoms. The lowest BCUT2D eigenvalue weighted by molar-refractivity contribution is -0.0375. The van der Waals surface area contributed by atoms with Gasteiger partial charge in [-0.3, -0.25) is 4.98 Å². The van der Waals surface area contributed by atoms with Gasteiger partial charge in [0, 0.05) is 36.9 Å². The molecule has 3 saturated heterocycles. The molecule has 6 nitrogen and oxygen atoms in total. The zero-order chi connectivity index (χ0) is 21.9. The number of nitriles is 1. The lowest BCUT2D eigenvalue weighted by Gasteiger charge is -2.42. The van der Waals surface area contributed by atoms with Crippen molar-refractivity contribution in [2.75, 3.05) is 50.7 Å². The van der Waals surface area contributed by atoms with Gasteiger partial charge in [0.25, 0.3) is 0 Å². The maximum absolute atomic E-state index is 9.47. The molecule has 0 bridgehead atoms. The topological polar surface area (TPSA) is 64.4 Å². The first kappa shape index (κ1) is 21.6. The first-order chi connectivity index (χ1) is 15.7. The van der Waals surface area contributed by atoms with Gasteiger partial charge in [-0.1, -0.05) is 0 Å². The van der Waals surface area contributed by atoms with E-state index >= 15 is 0 Å². The summed E-state index contributed by atoms with van der Waals surface area (Å²) in [5.41, 5.74) is 2.60. The fraction of sp³-hybridized carbons (Fsp3) is 0.615. The van der Waals surface area contributed by atoms with Crippen molar-refractivity contribution in [3.63, 3.8) is 0 Å². The van der Waals surface area contributed by atoms with E-state index in [1.165, 1.54) is 51.9 Å². The van der Waals surface area contributed by atoms with E-state index in [0.717, 1.165) is 48.1 Å². The number of anilines is 1. The zero-order valence-electron chi connectivity index (χ0n) is 19.2. The number of hydrogen-bond acceptors (Lipinski definition) is 6. The van der Waals surface area contributed by atoms with Crippen molar-refractivity contribution in [3.05, 3.63) is 36.0 Å². The molecule has 0 saturated carbocycles. The number of nitrogens with zero attached hydrogens (tertiary/aromatic N) is 4. The van der Waals surface area contributed by atoms with Crippen molar-refractivity contribution in [1.29, 1.82) is 5.26 Å². The summed E-state index contributed by atoms with van der Waals surface area (Å²) in [6.07, 6.45) is 7.54. The van der Waals surface area contributed by atoms with Gasteiger partial charge in [0.1, 0.15) is 6.07 Å². The number of morpholine rings is 1. The predicted octanol–water partition coefficient (Wildman–Crippen LogP) is 3.41. The number of benzene rings is 1. The van der Waals surface area contributed by atoms with Crippen LogP contribution in [0.3, 0.4) is 0 Å². The molecule has 3 aliphatic heterocycles. The highest BCUT2D eigenvalue weighted by molar-refractivity contribution is 5.95. The summed E-state index contributed by atoms with van der Waals surface area (Å²) in [6.45, 7) is 9.73. The number of fused-ring (bicyclic) bond motifs is 1. The van der Waals surface area contributed by atoms with Gasteiger partial charge in [0.15, 0.2) is 0 Å². The van der Waals surface area contributed by atoms with Crippen LogP contribution in [0.15, 0.2) is 30.5 Å². The highest BCUT2D eigenvalue weighted by Gasteiger charge is 2.31. The van der Waals surface area contributed by atoms with E-state index in [1.807, 2.05) is 12.1 Å². The first-order valence-electron chi connectivity index (χ1n) is 12.3. The van der Waals surface area contributed by atoms with E-state index in [9.17, 15) is 5.26 Å². The van der Waals surface area contributed by atoms with Crippen molar-refractivity contribution in [2.24, 2.45) is 11.8 Å². The van der Waals surface area contributed by atoms with Crippen molar-refractivity contribution >= 4 is 16.6 Å². The van der Waals surface area contributed by atoms with Crippen LogP contribution in [0.4, 0.5) is 5.69 Å². The van der Waals surface area contributed by atoms with Crippen LogP contribution >= 0.6 is 0 Å². The summed E-state index contributed by atoms with van der Waals surface area (Å²) < 4.78 is 6.38. The molecule has 0 spiro atoms. The van der Waals surface area contributed by atoms with Gasteiger partial charge in [-0.15, -0.1) is 0 Å². The minimum Gasteiger partial charge on any atom is -0.370 e. The van der Waals surface area contributed by atoms with E-state index in [2.05, 4.69) is 45.2 Å². The monoisotopic (exact) mass is 433 g/mol. The van der Waals surface area contributed by atoms with E-state index in [0.29, 0.717) is 5.56 Å². The lowest BCUT2D eigenvalue weighted by atomic mass is 9.79. The molecule has 1 N–H and O–H groups in total. The summed E-state index contributed by atoms with van der Waals surface area (Å²) in [7, 11) is 0. The van der Waals surface area contributed by atoms with Gasteiger partial charge in [0.2, 0.25) is 0 Å². The van der Waals surface area contributed by atoms with E-state index < -0.39 is 0 Å². The molecule has 0 aliphatic carbocycles. The van der Waals surface area contributed by atoms with E-state index in [-0.39, 0.29) is 12.2 Å². The fourth-order valence-electron chi connectivity index (χ4n) is 6.08. The second-order valence-electron chi connectivity index (χ2n) is 9.84. The Morgan fingerprint density at radius 3 is 2.66 bits per heavy atom. The summed E-state index contributed by atoms with van der Waals surface area (Å²) in [4.78, 5) is 9.55. The predicted molar refractivity (Wildman–Crippen MR) is 128 cm³/mol. The van der Waals surface area contributed by atoms with Crippen LogP contribution < -0.4 is 10.2 Å². The van der Waals surface area contributed by atoms with Crippen LogP contribution in [-0.4, -0.2) is 67.9 Å². The fourth-order valence-corrected chi connectivity index (χ4v) is 6.08.